The maximum absolute atomic E-state index is 12.3. The van der Waals surface area contributed by atoms with E-state index in [-0.39, 0.29) is 11.8 Å². The number of hydrogen-bond acceptors (Lipinski definition) is 2. The van der Waals surface area contributed by atoms with Crippen molar-refractivity contribution in [1.82, 2.24) is 15.1 Å². The van der Waals surface area contributed by atoms with Crippen LogP contribution >= 0.6 is 0 Å². The summed E-state index contributed by atoms with van der Waals surface area (Å²) in [6.07, 6.45) is 0. The summed E-state index contributed by atoms with van der Waals surface area (Å²) in [6, 6.07) is 17.8. The van der Waals surface area contributed by atoms with Crippen LogP contribution in [0.2, 0.25) is 0 Å². The second-order valence-corrected chi connectivity index (χ2v) is 5.44. The Bertz CT molecular complexity index is 792. The van der Waals surface area contributed by atoms with Crippen molar-refractivity contribution < 1.29 is 4.79 Å². The first-order valence-electron chi connectivity index (χ1n) is 7.40. The van der Waals surface area contributed by atoms with E-state index >= 15 is 0 Å². The first-order chi connectivity index (χ1) is 10.7. The molecule has 0 fully saturated rings. The third kappa shape index (κ3) is 2.72. The van der Waals surface area contributed by atoms with Crippen molar-refractivity contribution >= 4 is 16.8 Å². The number of carbonyl (C=O) groups is 1. The van der Waals surface area contributed by atoms with Gasteiger partial charge in [0.25, 0.3) is 0 Å². The number of aryl methyl sites for hydroxylation is 1. The highest BCUT2D eigenvalue weighted by molar-refractivity contribution is 5.85. The lowest BCUT2D eigenvalue weighted by atomic mass is 10.0. The molecule has 112 valence electrons. The molecule has 1 amide bonds. The molecule has 0 aliphatic heterocycles. The lowest BCUT2D eigenvalue weighted by molar-refractivity contribution is -0.122. The first-order valence-corrected chi connectivity index (χ1v) is 7.40. The van der Waals surface area contributed by atoms with Crippen molar-refractivity contribution in [2.45, 2.75) is 19.4 Å². The Kier molecular flexibility index (Phi) is 3.92. The van der Waals surface area contributed by atoms with Gasteiger partial charge in [0, 0.05) is 12.4 Å². The Morgan fingerprint density at radius 2 is 1.82 bits per heavy atom. The highest BCUT2D eigenvalue weighted by Crippen LogP contribution is 2.18. The zero-order valence-corrected chi connectivity index (χ0v) is 12.8. The van der Waals surface area contributed by atoms with Gasteiger partial charge in [-0.25, -0.2) is 0 Å². The van der Waals surface area contributed by atoms with Gasteiger partial charge in [0.15, 0.2) is 0 Å². The van der Waals surface area contributed by atoms with Crippen LogP contribution in [0.3, 0.4) is 0 Å². The average molecular weight is 293 g/mol. The minimum atomic E-state index is -0.170. The molecule has 0 spiro atoms. The van der Waals surface area contributed by atoms with Crippen molar-refractivity contribution in [3.05, 3.63) is 65.9 Å². The SMILES string of the molecule is C[C@H](C(=O)NCc1nn(C)c2ccccc12)c1ccccc1. The molecule has 1 atom stereocenters. The van der Waals surface area contributed by atoms with Gasteiger partial charge in [-0.15, -0.1) is 0 Å². The van der Waals surface area contributed by atoms with Gasteiger partial charge >= 0.3 is 0 Å². The molecule has 22 heavy (non-hydrogen) atoms. The van der Waals surface area contributed by atoms with Crippen molar-refractivity contribution in [1.29, 1.82) is 0 Å². The summed E-state index contributed by atoms with van der Waals surface area (Å²) in [5.41, 5.74) is 2.99. The van der Waals surface area contributed by atoms with E-state index in [1.165, 1.54) is 0 Å². The highest BCUT2D eigenvalue weighted by atomic mass is 16.1. The van der Waals surface area contributed by atoms with Crippen molar-refractivity contribution in [3.63, 3.8) is 0 Å². The Balaban J connectivity index is 1.73. The standard InChI is InChI=1S/C18H19N3O/c1-13(14-8-4-3-5-9-14)18(22)19-12-16-15-10-6-7-11-17(15)21(2)20-16/h3-11,13H,12H2,1-2H3,(H,19,22)/t13-/m0/s1. The Hall–Kier alpha value is -2.62. The van der Waals surface area contributed by atoms with Gasteiger partial charge < -0.3 is 5.32 Å². The summed E-state index contributed by atoms with van der Waals surface area (Å²) in [7, 11) is 1.92. The quantitative estimate of drug-likeness (QED) is 0.804. The average Bonchev–Trinajstić information content (AvgIpc) is 2.89. The van der Waals surface area contributed by atoms with Crippen LogP contribution < -0.4 is 5.32 Å². The Morgan fingerprint density at radius 1 is 1.14 bits per heavy atom. The monoisotopic (exact) mass is 293 g/mol. The summed E-state index contributed by atoms with van der Waals surface area (Å²) in [5.74, 6) is -0.155. The number of hydrogen-bond donors (Lipinski definition) is 1. The fourth-order valence-electron chi connectivity index (χ4n) is 2.64. The highest BCUT2D eigenvalue weighted by Gasteiger charge is 2.15. The second-order valence-electron chi connectivity index (χ2n) is 5.44. The summed E-state index contributed by atoms with van der Waals surface area (Å²) in [6.45, 7) is 2.36. The van der Waals surface area contributed by atoms with E-state index < -0.39 is 0 Å². The summed E-state index contributed by atoms with van der Waals surface area (Å²) < 4.78 is 1.84. The van der Waals surface area contributed by atoms with Gasteiger partial charge in [0.1, 0.15) is 0 Å². The topological polar surface area (TPSA) is 46.9 Å². The molecule has 0 aliphatic rings. The van der Waals surface area contributed by atoms with Gasteiger partial charge in [-0.1, -0.05) is 48.5 Å². The molecule has 1 N–H and O–H groups in total. The van der Waals surface area contributed by atoms with Gasteiger partial charge in [-0.3, -0.25) is 9.48 Å². The van der Waals surface area contributed by atoms with Crippen LogP contribution in [-0.4, -0.2) is 15.7 Å². The van der Waals surface area contributed by atoms with Crippen molar-refractivity contribution in [2.75, 3.05) is 0 Å². The van der Waals surface area contributed by atoms with Crippen LogP contribution in [0.5, 0.6) is 0 Å². The van der Waals surface area contributed by atoms with Crippen LogP contribution in [0.15, 0.2) is 54.6 Å². The van der Waals surface area contributed by atoms with E-state index in [1.54, 1.807) is 0 Å². The molecule has 0 saturated carbocycles. The summed E-state index contributed by atoms with van der Waals surface area (Å²) in [4.78, 5) is 12.3. The first kappa shape index (κ1) is 14.3. The largest absolute Gasteiger partial charge is 0.350 e. The van der Waals surface area contributed by atoms with Crippen LogP contribution in [0, 0.1) is 0 Å². The molecule has 3 rings (SSSR count). The fourth-order valence-corrected chi connectivity index (χ4v) is 2.64. The molecule has 2 aromatic carbocycles. The van der Waals surface area contributed by atoms with Crippen molar-refractivity contribution in [2.24, 2.45) is 7.05 Å². The van der Waals surface area contributed by atoms with E-state index in [2.05, 4.69) is 10.4 Å². The van der Waals surface area contributed by atoms with E-state index in [4.69, 9.17) is 0 Å². The Morgan fingerprint density at radius 3 is 2.59 bits per heavy atom. The second kappa shape index (κ2) is 6.02. The molecule has 0 radical (unpaired) electrons. The number of amides is 1. The molecule has 0 aliphatic carbocycles. The lowest BCUT2D eigenvalue weighted by Gasteiger charge is -2.11. The maximum Gasteiger partial charge on any atom is 0.227 e. The van der Waals surface area contributed by atoms with Crippen molar-refractivity contribution in [3.8, 4) is 0 Å². The predicted molar refractivity (Wildman–Crippen MR) is 87.4 cm³/mol. The number of carbonyl (C=O) groups excluding carboxylic acids is 1. The third-order valence-electron chi connectivity index (χ3n) is 3.96. The minimum absolute atomic E-state index is 0.0148. The van der Waals surface area contributed by atoms with Gasteiger partial charge in [0.05, 0.1) is 23.7 Å². The normalized spacial score (nSPS) is 12.3. The molecule has 1 aromatic heterocycles. The van der Waals surface area contributed by atoms with Crippen LogP contribution in [0.1, 0.15) is 24.1 Å². The number of benzene rings is 2. The Labute approximate surface area is 129 Å². The molecule has 4 nitrogen and oxygen atoms in total. The van der Waals surface area contributed by atoms with E-state index in [1.807, 2.05) is 73.3 Å². The minimum Gasteiger partial charge on any atom is -0.350 e. The van der Waals surface area contributed by atoms with Gasteiger partial charge in [-0.2, -0.15) is 5.10 Å². The zero-order chi connectivity index (χ0) is 15.5. The third-order valence-corrected chi connectivity index (χ3v) is 3.96. The molecule has 0 bridgehead atoms. The number of aromatic nitrogens is 2. The van der Waals surface area contributed by atoms with E-state index in [9.17, 15) is 4.79 Å². The molecule has 0 saturated heterocycles. The van der Waals surface area contributed by atoms with Gasteiger partial charge in [0.2, 0.25) is 5.91 Å². The number of rotatable bonds is 4. The maximum atomic E-state index is 12.3. The summed E-state index contributed by atoms with van der Waals surface area (Å²) in [5, 5.41) is 8.56. The predicted octanol–water partition coefficient (Wildman–Crippen LogP) is 2.99. The number of para-hydroxylation sites is 1. The molecule has 3 aromatic rings. The molecular weight excluding hydrogens is 274 g/mol. The fraction of sp³-hybridized carbons (Fsp3) is 0.222. The lowest BCUT2D eigenvalue weighted by Crippen LogP contribution is -2.27. The molecule has 4 heteroatoms. The van der Waals surface area contributed by atoms with Crippen LogP contribution in [0.25, 0.3) is 10.9 Å². The molecule has 1 heterocycles. The molecule has 0 unspecified atom stereocenters. The van der Waals surface area contributed by atoms with E-state index in [0.29, 0.717) is 6.54 Å². The van der Waals surface area contributed by atoms with Gasteiger partial charge in [-0.05, 0) is 18.6 Å². The van der Waals surface area contributed by atoms with E-state index in [0.717, 1.165) is 22.2 Å². The zero-order valence-electron chi connectivity index (χ0n) is 12.8. The van der Waals surface area contributed by atoms with Crippen LogP contribution in [-0.2, 0) is 18.4 Å². The smallest absolute Gasteiger partial charge is 0.227 e. The number of nitrogens with one attached hydrogen (secondary N) is 1. The number of nitrogens with zero attached hydrogens (tertiary/aromatic N) is 2. The number of fused-ring (bicyclic) bond motifs is 1. The van der Waals surface area contributed by atoms with Crippen LogP contribution in [0.4, 0.5) is 0 Å². The molecular formula is C18H19N3O. The summed E-state index contributed by atoms with van der Waals surface area (Å²) >= 11 is 0.